The van der Waals surface area contributed by atoms with Crippen molar-refractivity contribution < 1.29 is 13.2 Å². The summed E-state index contributed by atoms with van der Waals surface area (Å²) < 4.78 is 24.4. The number of hydrogen-bond donors (Lipinski definition) is 0. The van der Waals surface area contributed by atoms with Crippen LogP contribution < -0.4 is 0 Å². The summed E-state index contributed by atoms with van der Waals surface area (Å²) >= 11 is 0. The van der Waals surface area contributed by atoms with Crippen molar-refractivity contribution in [2.24, 2.45) is 0 Å². The molecule has 2 rings (SSSR count). The summed E-state index contributed by atoms with van der Waals surface area (Å²) in [4.78, 5) is 14.1. The number of rotatable bonds is 3. The molecule has 1 fully saturated rings. The fraction of sp³-hybridized carbons (Fsp3) is 0.588. The lowest BCUT2D eigenvalue weighted by molar-refractivity contribution is -0.131. The van der Waals surface area contributed by atoms with Crippen LogP contribution in [0.25, 0.3) is 0 Å². The van der Waals surface area contributed by atoms with Gasteiger partial charge >= 0.3 is 0 Å². The summed E-state index contributed by atoms with van der Waals surface area (Å²) in [6.45, 7) is 8.18. The van der Waals surface area contributed by atoms with Gasteiger partial charge in [0.15, 0.2) is 0 Å². The average Bonchev–Trinajstić information content (AvgIpc) is 2.46. The summed E-state index contributed by atoms with van der Waals surface area (Å²) in [5.74, 6) is 0.0571. The number of piperazine rings is 1. The highest BCUT2D eigenvalue weighted by Crippen LogP contribution is 2.22. The van der Waals surface area contributed by atoms with Gasteiger partial charge in [0, 0.05) is 26.2 Å². The van der Waals surface area contributed by atoms with Crippen LogP contribution in [0.3, 0.4) is 0 Å². The molecule has 1 amide bonds. The van der Waals surface area contributed by atoms with E-state index in [0.29, 0.717) is 32.6 Å². The second kappa shape index (κ2) is 6.61. The third-order valence-corrected chi connectivity index (χ3v) is 5.54. The molecule has 1 aliphatic rings. The summed E-state index contributed by atoms with van der Waals surface area (Å²) in [6.07, 6.45) is 1.57. The van der Waals surface area contributed by atoms with Gasteiger partial charge in [0.2, 0.25) is 15.9 Å². The summed E-state index contributed by atoms with van der Waals surface area (Å²) in [6, 6.07) is 8.16. The van der Waals surface area contributed by atoms with E-state index in [1.165, 1.54) is 16.1 Å². The fourth-order valence-electron chi connectivity index (χ4n) is 2.68. The highest BCUT2D eigenvalue weighted by molar-refractivity contribution is 7.88. The van der Waals surface area contributed by atoms with Gasteiger partial charge in [-0.25, -0.2) is 8.42 Å². The molecule has 0 unspecified atom stereocenters. The van der Waals surface area contributed by atoms with Crippen LogP contribution in [0.2, 0.25) is 0 Å². The van der Waals surface area contributed by atoms with Crippen molar-refractivity contribution in [3.8, 4) is 0 Å². The van der Waals surface area contributed by atoms with E-state index in [0.717, 1.165) is 5.56 Å². The first kappa shape index (κ1) is 17.9. The third kappa shape index (κ3) is 4.78. The second-order valence-corrected chi connectivity index (χ2v) is 9.15. The Morgan fingerprint density at radius 2 is 1.57 bits per heavy atom. The minimum Gasteiger partial charge on any atom is -0.340 e. The van der Waals surface area contributed by atoms with Crippen LogP contribution in [-0.2, 0) is 26.7 Å². The lowest BCUT2D eigenvalue weighted by atomic mass is 9.86. The van der Waals surface area contributed by atoms with Crippen molar-refractivity contribution in [1.29, 1.82) is 0 Å². The minimum atomic E-state index is -3.16. The van der Waals surface area contributed by atoms with E-state index < -0.39 is 10.0 Å². The smallest absolute Gasteiger partial charge is 0.227 e. The summed E-state index contributed by atoms with van der Waals surface area (Å²) in [7, 11) is -3.16. The van der Waals surface area contributed by atoms with Crippen LogP contribution in [-0.4, -0.2) is 56.0 Å². The summed E-state index contributed by atoms with van der Waals surface area (Å²) in [5, 5.41) is 0. The first-order valence-corrected chi connectivity index (χ1v) is 9.74. The van der Waals surface area contributed by atoms with Gasteiger partial charge in [-0.1, -0.05) is 45.0 Å². The normalized spacial score (nSPS) is 17.3. The molecule has 1 aromatic rings. The highest BCUT2D eigenvalue weighted by Gasteiger charge is 2.26. The van der Waals surface area contributed by atoms with Crippen molar-refractivity contribution in [2.45, 2.75) is 32.6 Å². The maximum absolute atomic E-state index is 12.4. The van der Waals surface area contributed by atoms with E-state index in [9.17, 15) is 13.2 Å². The molecule has 1 heterocycles. The molecule has 0 atom stereocenters. The molecule has 1 saturated heterocycles. The van der Waals surface area contributed by atoms with E-state index in [1.54, 1.807) is 4.90 Å². The van der Waals surface area contributed by atoms with Gasteiger partial charge in [-0.15, -0.1) is 0 Å². The minimum absolute atomic E-state index is 0.0571. The summed E-state index contributed by atoms with van der Waals surface area (Å²) in [5.41, 5.74) is 2.34. The Hall–Kier alpha value is -1.40. The van der Waals surface area contributed by atoms with Crippen molar-refractivity contribution >= 4 is 15.9 Å². The number of carbonyl (C=O) groups excluding carboxylic acids is 1. The molecule has 0 bridgehead atoms. The van der Waals surface area contributed by atoms with Gasteiger partial charge in [-0.05, 0) is 16.5 Å². The van der Waals surface area contributed by atoms with Crippen molar-refractivity contribution in [3.05, 3.63) is 35.4 Å². The lowest BCUT2D eigenvalue weighted by Gasteiger charge is -2.33. The van der Waals surface area contributed by atoms with Crippen LogP contribution in [0.5, 0.6) is 0 Å². The molecule has 1 aliphatic heterocycles. The van der Waals surface area contributed by atoms with Crippen molar-refractivity contribution in [3.63, 3.8) is 0 Å². The molecular formula is C17H26N2O3S. The zero-order valence-electron chi connectivity index (χ0n) is 14.4. The molecule has 0 aliphatic carbocycles. The zero-order chi connectivity index (χ0) is 17.3. The molecule has 0 aromatic heterocycles. The van der Waals surface area contributed by atoms with Crippen LogP contribution in [0.15, 0.2) is 24.3 Å². The number of sulfonamides is 1. The number of amides is 1. The number of benzene rings is 1. The molecule has 0 radical (unpaired) electrons. The van der Waals surface area contributed by atoms with E-state index >= 15 is 0 Å². The van der Waals surface area contributed by atoms with Gasteiger partial charge in [-0.2, -0.15) is 4.31 Å². The van der Waals surface area contributed by atoms with Gasteiger partial charge in [0.1, 0.15) is 0 Å². The largest absolute Gasteiger partial charge is 0.340 e. The van der Waals surface area contributed by atoms with Gasteiger partial charge < -0.3 is 4.90 Å². The number of nitrogens with zero attached hydrogens (tertiary/aromatic N) is 2. The Bertz CT molecular complexity index is 652. The van der Waals surface area contributed by atoms with E-state index in [2.05, 4.69) is 32.9 Å². The molecular weight excluding hydrogens is 312 g/mol. The topological polar surface area (TPSA) is 57.7 Å². The molecule has 0 saturated carbocycles. The SMILES string of the molecule is CC(C)(C)c1ccc(CC(=O)N2CCN(S(C)(=O)=O)CC2)cc1. The Morgan fingerprint density at radius 3 is 2.00 bits per heavy atom. The third-order valence-electron chi connectivity index (χ3n) is 4.24. The Kier molecular flexibility index (Phi) is 5.16. The molecule has 0 N–H and O–H groups in total. The van der Waals surface area contributed by atoms with Crippen LogP contribution >= 0.6 is 0 Å². The quantitative estimate of drug-likeness (QED) is 0.842. The van der Waals surface area contributed by atoms with E-state index in [4.69, 9.17) is 0 Å². The molecule has 1 aromatic carbocycles. The van der Waals surface area contributed by atoms with Crippen LogP contribution in [0.1, 0.15) is 31.9 Å². The molecule has 6 heteroatoms. The van der Waals surface area contributed by atoms with Gasteiger partial charge in [0.05, 0.1) is 12.7 Å². The zero-order valence-corrected chi connectivity index (χ0v) is 15.2. The monoisotopic (exact) mass is 338 g/mol. The highest BCUT2D eigenvalue weighted by atomic mass is 32.2. The maximum Gasteiger partial charge on any atom is 0.227 e. The number of carbonyl (C=O) groups is 1. The standard InChI is InChI=1S/C17H26N2O3S/c1-17(2,3)15-7-5-14(6-8-15)13-16(20)18-9-11-19(12-10-18)23(4,21)22/h5-8H,9-13H2,1-4H3. The maximum atomic E-state index is 12.4. The Labute approximate surface area is 139 Å². The van der Waals surface area contributed by atoms with Crippen LogP contribution in [0, 0.1) is 0 Å². The van der Waals surface area contributed by atoms with Crippen molar-refractivity contribution in [1.82, 2.24) is 9.21 Å². The average molecular weight is 338 g/mol. The first-order chi connectivity index (χ1) is 10.6. The molecule has 0 spiro atoms. The first-order valence-electron chi connectivity index (χ1n) is 7.90. The van der Waals surface area contributed by atoms with Gasteiger partial charge in [-0.3, -0.25) is 4.79 Å². The van der Waals surface area contributed by atoms with E-state index in [1.807, 2.05) is 12.1 Å². The van der Waals surface area contributed by atoms with Crippen molar-refractivity contribution in [2.75, 3.05) is 32.4 Å². The number of hydrogen-bond acceptors (Lipinski definition) is 3. The van der Waals surface area contributed by atoms with Gasteiger partial charge in [0.25, 0.3) is 0 Å². The molecule has 5 nitrogen and oxygen atoms in total. The lowest BCUT2D eigenvalue weighted by Crippen LogP contribution is -2.50. The Morgan fingerprint density at radius 1 is 1.04 bits per heavy atom. The molecule has 128 valence electrons. The van der Waals surface area contributed by atoms with Crippen LogP contribution in [0.4, 0.5) is 0 Å². The fourth-order valence-corrected chi connectivity index (χ4v) is 3.50. The van der Waals surface area contributed by atoms with E-state index in [-0.39, 0.29) is 11.3 Å². The molecule has 23 heavy (non-hydrogen) atoms. The Balaban J connectivity index is 1.93. The second-order valence-electron chi connectivity index (χ2n) is 7.17. The predicted octanol–water partition coefficient (Wildman–Crippen LogP) is 1.63. The predicted molar refractivity (Wildman–Crippen MR) is 91.8 cm³/mol.